The van der Waals surface area contributed by atoms with Crippen LogP contribution < -0.4 is 0 Å². The van der Waals surface area contributed by atoms with Crippen molar-refractivity contribution in [3.63, 3.8) is 0 Å². The molecule has 2 rings (SSSR count). The molecule has 158 valence electrons. The van der Waals surface area contributed by atoms with Crippen molar-refractivity contribution in [2.45, 2.75) is 65.3 Å². The van der Waals surface area contributed by atoms with Gasteiger partial charge in [0, 0.05) is 24.5 Å². The second-order valence-electron chi connectivity index (χ2n) is 7.88. The van der Waals surface area contributed by atoms with Crippen molar-refractivity contribution in [3.05, 3.63) is 36.0 Å². The zero-order valence-electron chi connectivity index (χ0n) is 17.5. The lowest BCUT2D eigenvalue weighted by atomic mass is 9.79. The van der Waals surface area contributed by atoms with Gasteiger partial charge in [-0.1, -0.05) is 25.7 Å². The van der Waals surface area contributed by atoms with Crippen LogP contribution in [0, 0.1) is 11.8 Å². The van der Waals surface area contributed by atoms with Crippen molar-refractivity contribution in [2.24, 2.45) is 11.8 Å². The Kier molecular flexibility index (Phi) is 6.82. The Hall–Kier alpha value is -2.70. The topological polar surface area (TPSA) is 96.0 Å². The first-order valence-electron chi connectivity index (χ1n) is 9.64. The first kappa shape index (κ1) is 22.6. The summed E-state index contributed by atoms with van der Waals surface area (Å²) < 4.78 is 16.6. The Morgan fingerprint density at radius 1 is 1.31 bits per heavy atom. The van der Waals surface area contributed by atoms with Crippen molar-refractivity contribution in [1.82, 2.24) is 0 Å². The maximum absolute atomic E-state index is 12.9. The predicted molar refractivity (Wildman–Crippen MR) is 105 cm³/mol. The highest BCUT2D eigenvalue weighted by molar-refractivity contribution is 5.98. The van der Waals surface area contributed by atoms with Crippen molar-refractivity contribution in [3.8, 4) is 0 Å². The quantitative estimate of drug-likeness (QED) is 0.405. The molecule has 0 radical (unpaired) electrons. The summed E-state index contributed by atoms with van der Waals surface area (Å²) in [5.41, 5.74) is -1.01. The number of fused-ring (bicyclic) bond motifs is 1. The standard InChI is InChI=1S/C22H28O7/c1-7-13(3)20(25)28-17-11-22(6,29-15(5)23)18(24)9-8-12(2)10-16-19(17)14(4)21(26)27-16/h7-9,12,16-17,19H,4,10-11H2,1-3,5-6H3/b9-8+,13-7-/t12-,16+,17-,19+,22+/m0/s1. The van der Waals surface area contributed by atoms with E-state index in [4.69, 9.17) is 14.2 Å². The highest BCUT2D eigenvalue weighted by Gasteiger charge is 2.50. The van der Waals surface area contributed by atoms with E-state index in [9.17, 15) is 19.2 Å². The minimum absolute atomic E-state index is 0.0987. The fraction of sp³-hybridized carbons (Fsp3) is 0.545. The predicted octanol–water partition coefficient (Wildman–Crippen LogP) is 2.84. The van der Waals surface area contributed by atoms with Crippen LogP contribution in [0.2, 0.25) is 0 Å². The number of hydrogen-bond donors (Lipinski definition) is 0. The number of carbonyl (C=O) groups is 4. The fourth-order valence-corrected chi connectivity index (χ4v) is 3.66. The van der Waals surface area contributed by atoms with Gasteiger partial charge < -0.3 is 14.2 Å². The number of rotatable bonds is 3. The van der Waals surface area contributed by atoms with Crippen LogP contribution in [-0.4, -0.2) is 41.5 Å². The van der Waals surface area contributed by atoms with E-state index >= 15 is 0 Å². The van der Waals surface area contributed by atoms with Gasteiger partial charge in [0.1, 0.15) is 12.2 Å². The van der Waals surface area contributed by atoms with E-state index in [0.717, 1.165) is 0 Å². The number of hydrogen-bond acceptors (Lipinski definition) is 7. The molecule has 0 aromatic rings. The summed E-state index contributed by atoms with van der Waals surface area (Å²) in [7, 11) is 0. The van der Waals surface area contributed by atoms with Crippen LogP contribution in [0.5, 0.6) is 0 Å². The average Bonchev–Trinajstić information content (AvgIpc) is 2.90. The zero-order chi connectivity index (χ0) is 21.9. The third-order valence-corrected chi connectivity index (χ3v) is 5.40. The molecule has 1 fully saturated rings. The average molecular weight is 404 g/mol. The molecule has 0 saturated carbocycles. The minimum Gasteiger partial charge on any atom is -0.458 e. The van der Waals surface area contributed by atoms with Gasteiger partial charge >= 0.3 is 17.9 Å². The number of allylic oxidation sites excluding steroid dienone is 2. The van der Waals surface area contributed by atoms with Gasteiger partial charge in [0.05, 0.1) is 5.92 Å². The third kappa shape index (κ3) is 5.02. The Bertz CT molecular complexity index is 791. The van der Waals surface area contributed by atoms with Crippen molar-refractivity contribution in [2.75, 3.05) is 0 Å². The largest absolute Gasteiger partial charge is 0.458 e. The van der Waals surface area contributed by atoms with Gasteiger partial charge in [0.25, 0.3) is 0 Å². The van der Waals surface area contributed by atoms with E-state index in [1.54, 1.807) is 26.0 Å². The molecule has 7 heteroatoms. The number of ketones is 1. The van der Waals surface area contributed by atoms with Gasteiger partial charge in [-0.2, -0.15) is 0 Å². The molecule has 0 unspecified atom stereocenters. The van der Waals surface area contributed by atoms with E-state index in [1.165, 1.54) is 19.9 Å². The maximum atomic E-state index is 12.9. The molecule has 29 heavy (non-hydrogen) atoms. The summed E-state index contributed by atoms with van der Waals surface area (Å²) in [5, 5.41) is 0. The van der Waals surface area contributed by atoms with Crippen LogP contribution in [0.1, 0.15) is 47.5 Å². The normalized spacial score (nSPS) is 34.1. The lowest BCUT2D eigenvalue weighted by Gasteiger charge is -2.35. The lowest BCUT2D eigenvalue weighted by Crippen LogP contribution is -2.47. The van der Waals surface area contributed by atoms with Crippen molar-refractivity contribution >= 4 is 23.7 Å². The molecule has 0 bridgehead atoms. The fourth-order valence-electron chi connectivity index (χ4n) is 3.66. The van der Waals surface area contributed by atoms with Crippen LogP contribution in [0.15, 0.2) is 36.0 Å². The Labute approximate surface area is 170 Å². The zero-order valence-corrected chi connectivity index (χ0v) is 17.5. The monoisotopic (exact) mass is 404 g/mol. The number of carbonyl (C=O) groups excluding carboxylic acids is 4. The highest BCUT2D eigenvalue weighted by atomic mass is 16.6. The molecular weight excluding hydrogens is 376 g/mol. The first-order valence-corrected chi connectivity index (χ1v) is 9.64. The van der Waals surface area contributed by atoms with Crippen LogP contribution >= 0.6 is 0 Å². The molecule has 0 aromatic carbocycles. The molecule has 2 aliphatic rings. The van der Waals surface area contributed by atoms with Crippen molar-refractivity contribution in [1.29, 1.82) is 0 Å². The third-order valence-electron chi connectivity index (χ3n) is 5.40. The van der Waals surface area contributed by atoms with Gasteiger partial charge in [0.15, 0.2) is 11.4 Å². The molecular formula is C22H28O7. The maximum Gasteiger partial charge on any atom is 0.334 e. The molecule has 0 aromatic heterocycles. The number of esters is 3. The van der Waals surface area contributed by atoms with E-state index in [1.807, 2.05) is 6.92 Å². The second kappa shape index (κ2) is 8.76. The summed E-state index contributed by atoms with van der Waals surface area (Å²) >= 11 is 0. The van der Waals surface area contributed by atoms with Gasteiger partial charge in [-0.05, 0) is 39.2 Å². The summed E-state index contributed by atoms with van der Waals surface area (Å²) in [4.78, 5) is 49.3. The first-order chi connectivity index (χ1) is 13.5. The van der Waals surface area contributed by atoms with Gasteiger partial charge in [-0.3, -0.25) is 9.59 Å². The van der Waals surface area contributed by atoms with Crippen LogP contribution in [-0.2, 0) is 33.4 Å². The summed E-state index contributed by atoms with van der Waals surface area (Å²) in [6, 6.07) is 0. The molecule has 5 atom stereocenters. The second-order valence-corrected chi connectivity index (χ2v) is 7.88. The number of ether oxygens (including phenoxy) is 3. The molecule has 1 aliphatic heterocycles. The van der Waals surface area contributed by atoms with Gasteiger partial charge in [-0.15, -0.1) is 0 Å². The summed E-state index contributed by atoms with van der Waals surface area (Å²) in [5.74, 6) is -2.94. The SMILES string of the molecule is C=C1C(=O)O[C@@H]2C[C@@H](C)/C=C/C(=O)[C@](C)(OC(C)=O)C[C@H](OC(=O)/C(C)=C\C)[C@H]12. The van der Waals surface area contributed by atoms with E-state index in [-0.39, 0.29) is 17.9 Å². The molecule has 1 heterocycles. The van der Waals surface area contributed by atoms with Crippen molar-refractivity contribution < 1.29 is 33.4 Å². The Morgan fingerprint density at radius 2 is 1.97 bits per heavy atom. The molecule has 7 nitrogen and oxygen atoms in total. The molecule has 1 saturated heterocycles. The summed E-state index contributed by atoms with van der Waals surface area (Å²) in [6.45, 7) is 11.7. The van der Waals surface area contributed by atoms with Crippen LogP contribution in [0.4, 0.5) is 0 Å². The van der Waals surface area contributed by atoms with E-state index in [0.29, 0.717) is 12.0 Å². The van der Waals surface area contributed by atoms with Crippen LogP contribution in [0.25, 0.3) is 0 Å². The molecule has 0 amide bonds. The highest BCUT2D eigenvalue weighted by Crippen LogP contribution is 2.39. The van der Waals surface area contributed by atoms with E-state index in [2.05, 4.69) is 6.58 Å². The van der Waals surface area contributed by atoms with E-state index < -0.39 is 47.4 Å². The molecule has 1 aliphatic carbocycles. The van der Waals surface area contributed by atoms with Gasteiger partial charge in [0.2, 0.25) is 0 Å². The summed E-state index contributed by atoms with van der Waals surface area (Å²) in [6.07, 6.45) is 3.50. The smallest absolute Gasteiger partial charge is 0.334 e. The Morgan fingerprint density at radius 3 is 2.55 bits per heavy atom. The lowest BCUT2D eigenvalue weighted by molar-refractivity contribution is -0.169. The van der Waals surface area contributed by atoms with Crippen LogP contribution in [0.3, 0.4) is 0 Å². The molecule has 0 spiro atoms. The van der Waals surface area contributed by atoms with Gasteiger partial charge in [-0.25, -0.2) is 9.59 Å². The Balaban J connectivity index is 2.54. The minimum atomic E-state index is -1.56. The molecule has 0 N–H and O–H groups in total.